The van der Waals surface area contributed by atoms with Gasteiger partial charge in [-0.2, -0.15) is 0 Å². The molecule has 11 nitrogen and oxygen atoms in total. The minimum absolute atomic E-state index is 0.0737. The summed E-state index contributed by atoms with van der Waals surface area (Å²) in [7, 11) is -2.35. The summed E-state index contributed by atoms with van der Waals surface area (Å²) in [5.41, 5.74) is 8.13. The Bertz CT molecular complexity index is 1480. The summed E-state index contributed by atoms with van der Waals surface area (Å²) in [4.78, 5) is 34.7. The number of aliphatic imine (C=N–C) groups is 1. The van der Waals surface area contributed by atoms with Crippen molar-refractivity contribution in [3.63, 3.8) is 0 Å². The summed E-state index contributed by atoms with van der Waals surface area (Å²) in [5.74, 6) is -0.582. The zero-order chi connectivity index (χ0) is 30.2. The van der Waals surface area contributed by atoms with E-state index in [1.807, 2.05) is 37.4 Å². The van der Waals surface area contributed by atoms with Crippen molar-refractivity contribution in [1.29, 1.82) is 0 Å². The molecule has 0 spiro atoms. The van der Waals surface area contributed by atoms with Crippen LogP contribution < -0.4 is 15.8 Å². The van der Waals surface area contributed by atoms with Gasteiger partial charge < -0.3 is 20.8 Å². The third-order valence-electron chi connectivity index (χ3n) is 6.31. The molecule has 0 bridgehead atoms. The van der Waals surface area contributed by atoms with E-state index in [0.717, 1.165) is 22.0 Å². The molecule has 41 heavy (non-hydrogen) atoms. The van der Waals surface area contributed by atoms with Gasteiger partial charge in [0.1, 0.15) is 11.6 Å². The van der Waals surface area contributed by atoms with Gasteiger partial charge in [-0.15, -0.1) is 0 Å². The van der Waals surface area contributed by atoms with Crippen molar-refractivity contribution in [2.24, 2.45) is 10.7 Å². The maximum Gasteiger partial charge on any atom is 0.410 e. The van der Waals surface area contributed by atoms with E-state index in [1.54, 1.807) is 32.9 Å². The lowest BCUT2D eigenvalue weighted by molar-refractivity contribution is -0.126. The lowest BCUT2D eigenvalue weighted by Crippen LogP contribution is -2.49. The van der Waals surface area contributed by atoms with E-state index in [1.165, 1.54) is 24.1 Å². The van der Waals surface area contributed by atoms with Crippen LogP contribution in [0.5, 0.6) is 0 Å². The van der Waals surface area contributed by atoms with Crippen LogP contribution in [0.4, 0.5) is 4.79 Å². The van der Waals surface area contributed by atoms with Crippen molar-refractivity contribution in [3.8, 4) is 0 Å². The van der Waals surface area contributed by atoms with E-state index in [4.69, 9.17) is 10.5 Å². The SMILES string of the molecule is Cc1ccc(S(=O)(=O)NC(N)=NCCC[C@@H](C(=O)NCCc2c[nH]c3ccccc23)N(C)C(=O)OC(C)(C)C)cc1. The number of rotatable bonds is 11. The zero-order valence-corrected chi connectivity index (χ0v) is 25.0. The second-order valence-corrected chi connectivity index (χ2v) is 12.5. The average Bonchev–Trinajstić information content (AvgIpc) is 3.30. The molecule has 2 amide bonds. The van der Waals surface area contributed by atoms with Gasteiger partial charge in [-0.25, -0.2) is 17.9 Å². The Labute approximate surface area is 241 Å². The van der Waals surface area contributed by atoms with Gasteiger partial charge in [-0.05, 0) is 70.7 Å². The summed E-state index contributed by atoms with van der Waals surface area (Å²) >= 11 is 0. The predicted molar refractivity (Wildman–Crippen MR) is 160 cm³/mol. The summed E-state index contributed by atoms with van der Waals surface area (Å²) in [6.07, 6.45) is 2.54. The number of likely N-dealkylation sites (N-methyl/N-ethyl adjacent to an activating group) is 1. The van der Waals surface area contributed by atoms with Gasteiger partial charge >= 0.3 is 6.09 Å². The molecule has 3 aromatic rings. The van der Waals surface area contributed by atoms with Crippen LogP contribution in [0.1, 0.15) is 44.7 Å². The number of hydrogen-bond donors (Lipinski definition) is 4. The van der Waals surface area contributed by atoms with Gasteiger partial charge in [-0.1, -0.05) is 35.9 Å². The zero-order valence-electron chi connectivity index (χ0n) is 24.2. The predicted octanol–water partition coefficient (Wildman–Crippen LogP) is 3.44. The summed E-state index contributed by atoms with van der Waals surface area (Å²) in [6.45, 7) is 7.64. The number of carbonyl (C=O) groups is 2. The number of fused-ring (bicyclic) bond motifs is 1. The van der Waals surface area contributed by atoms with Gasteiger partial charge in [0.05, 0.1) is 4.90 Å². The fraction of sp³-hybridized carbons (Fsp3) is 0.414. The van der Waals surface area contributed by atoms with E-state index in [2.05, 4.69) is 20.0 Å². The molecule has 5 N–H and O–H groups in total. The Hall–Kier alpha value is -4.06. The molecule has 0 radical (unpaired) electrons. The number of nitrogens with two attached hydrogens (primary N) is 1. The van der Waals surface area contributed by atoms with E-state index in [9.17, 15) is 18.0 Å². The molecule has 0 aliphatic rings. The van der Waals surface area contributed by atoms with E-state index in [-0.39, 0.29) is 29.7 Å². The highest BCUT2D eigenvalue weighted by atomic mass is 32.2. The molecular formula is C29H40N6O5S. The molecule has 3 rings (SSSR count). The number of ether oxygens (including phenoxy) is 1. The van der Waals surface area contributed by atoms with Crippen LogP contribution in [0.2, 0.25) is 0 Å². The molecule has 222 valence electrons. The molecule has 0 unspecified atom stereocenters. The van der Waals surface area contributed by atoms with Gasteiger partial charge in [0.25, 0.3) is 10.0 Å². The smallest absolute Gasteiger partial charge is 0.410 e. The first-order valence-electron chi connectivity index (χ1n) is 13.4. The molecule has 0 fully saturated rings. The first-order valence-corrected chi connectivity index (χ1v) is 14.9. The van der Waals surface area contributed by atoms with E-state index >= 15 is 0 Å². The molecule has 1 atom stereocenters. The number of guanidine groups is 1. The van der Waals surface area contributed by atoms with Crippen LogP contribution in [-0.2, 0) is 26.0 Å². The fourth-order valence-corrected chi connectivity index (χ4v) is 5.12. The van der Waals surface area contributed by atoms with E-state index in [0.29, 0.717) is 19.4 Å². The number of nitrogens with one attached hydrogen (secondary N) is 3. The number of nitrogens with zero attached hydrogens (tertiary/aromatic N) is 2. The Kier molecular flexibility index (Phi) is 10.4. The van der Waals surface area contributed by atoms with Gasteiger partial charge in [0.15, 0.2) is 0 Å². The number of sulfonamides is 1. The number of aromatic amines is 1. The number of para-hydroxylation sites is 1. The summed E-state index contributed by atoms with van der Waals surface area (Å²) in [5, 5.41) is 4.03. The molecular weight excluding hydrogens is 544 g/mol. The van der Waals surface area contributed by atoms with Crippen LogP contribution in [0, 0.1) is 6.92 Å². The lowest BCUT2D eigenvalue weighted by Gasteiger charge is -2.30. The largest absolute Gasteiger partial charge is 0.444 e. The second kappa shape index (κ2) is 13.5. The second-order valence-electron chi connectivity index (χ2n) is 10.8. The Morgan fingerprint density at radius 1 is 1.12 bits per heavy atom. The molecule has 0 saturated heterocycles. The topological polar surface area (TPSA) is 159 Å². The Morgan fingerprint density at radius 2 is 1.80 bits per heavy atom. The molecule has 2 aromatic carbocycles. The van der Waals surface area contributed by atoms with Crippen molar-refractivity contribution in [2.75, 3.05) is 20.1 Å². The van der Waals surface area contributed by atoms with Crippen molar-refractivity contribution in [1.82, 2.24) is 19.9 Å². The van der Waals surface area contributed by atoms with Crippen LogP contribution in [-0.4, -0.2) is 68.0 Å². The average molecular weight is 585 g/mol. The third-order valence-corrected chi connectivity index (χ3v) is 7.68. The van der Waals surface area contributed by atoms with Gasteiger partial charge in [0, 0.05) is 37.2 Å². The highest BCUT2D eigenvalue weighted by Crippen LogP contribution is 2.18. The molecule has 0 saturated carbocycles. The number of carbonyl (C=O) groups excluding carboxylic acids is 2. The van der Waals surface area contributed by atoms with Crippen LogP contribution in [0.15, 0.2) is 64.6 Å². The molecule has 0 aliphatic carbocycles. The standard InChI is InChI=1S/C29H40N6O5S/c1-20-12-14-22(15-13-20)41(38,39)34-27(30)32-17-8-11-25(35(5)28(37)40-29(2,3)4)26(36)31-18-16-21-19-33-24-10-7-6-9-23(21)24/h6-7,9-10,12-15,19,25,33H,8,11,16-18H2,1-5H3,(H,31,36)(H3,30,32,34)/t25-/m0/s1. The van der Waals surface area contributed by atoms with Crippen LogP contribution in [0.25, 0.3) is 10.9 Å². The van der Waals surface area contributed by atoms with Crippen molar-refractivity contribution < 1.29 is 22.7 Å². The van der Waals surface area contributed by atoms with Crippen LogP contribution >= 0.6 is 0 Å². The molecule has 1 aromatic heterocycles. The normalized spacial score (nSPS) is 13.0. The molecule has 0 aliphatic heterocycles. The molecule has 12 heteroatoms. The number of amides is 2. The minimum Gasteiger partial charge on any atom is -0.444 e. The van der Waals surface area contributed by atoms with Crippen molar-refractivity contribution in [2.45, 2.75) is 63.5 Å². The number of hydrogen-bond acceptors (Lipinski definition) is 6. The number of aromatic nitrogens is 1. The van der Waals surface area contributed by atoms with E-state index < -0.39 is 27.8 Å². The summed E-state index contributed by atoms with van der Waals surface area (Å²) < 4.78 is 32.8. The lowest BCUT2D eigenvalue weighted by atomic mass is 10.1. The monoisotopic (exact) mass is 584 g/mol. The fourth-order valence-electron chi connectivity index (χ4n) is 4.17. The highest BCUT2D eigenvalue weighted by molar-refractivity contribution is 7.90. The van der Waals surface area contributed by atoms with Gasteiger partial charge in [0.2, 0.25) is 11.9 Å². The van der Waals surface area contributed by atoms with Gasteiger partial charge in [-0.3, -0.25) is 14.7 Å². The minimum atomic E-state index is -3.87. The Morgan fingerprint density at radius 3 is 2.49 bits per heavy atom. The maximum atomic E-state index is 13.2. The highest BCUT2D eigenvalue weighted by Gasteiger charge is 2.30. The van der Waals surface area contributed by atoms with Crippen molar-refractivity contribution >= 4 is 38.9 Å². The first-order chi connectivity index (χ1) is 19.3. The van der Waals surface area contributed by atoms with Crippen molar-refractivity contribution in [3.05, 3.63) is 65.9 Å². The number of benzene rings is 2. The number of H-pyrrole nitrogens is 1. The third kappa shape index (κ3) is 9.24. The molecule has 1 heterocycles. The number of aryl methyl sites for hydroxylation is 1. The van der Waals surface area contributed by atoms with Crippen LogP contribution in [0.3, 0.4) is 0 Å². The first kappa shape index (κ1) is 31.5. The Balaban J connectivity index is 1.61. The quantitative estimate of drug-likeness (QED) is 0.154. The maximum absolute atomic E-state index is 13.2. The summed E-state index contributed by atoms with van der Waals surface area (Å²) in [6, 6.07) is 13.5.